The Morgan fingerprint density at radius 3 is 1.85 bits per heavy atom. The molecular formula is C19H31ClN2O4. The van der Waals surface area contributed by atoms with Crippen molar-refractivity contribution < 1.29 is 19.1 Å². The predicted octanol–water partition coefficient (Wildman–Crippen LogP) is 3.01. The summed E-state index contributed by atoms with van der Waals surface area (Å²) in [6, 6.07) is 1.25. The van der Waals surface area contributed by atoms with Crippen LogP contribution < -0.4 is 5.32 Å². The number of carbonyl (C=O) groups is 3. The Kier molecular flexibility index (Phi) is 6.72. The minimum absolute atomic E-state index is 0. The minimum Gasteiger partial charge on any atom is -0.444 e. The Labute approximate surface area is 161 Å². The van der Waals surface area contributed by atoms with Crippen molar-refractivity contribution in [3.8, 4) is 0 Å². The van der Waals surface area contributed by atoms with Gasteiger partial charge >= 0.3 is 6.09 Å². The number of amides is 1. The van der Waals surface area contributed by atoms with E-state index in [9.17, 15) is 14.4 Å². The lowest BCUT2D eigenvalue weighted by Crippen LogP contribution is -2.48. The van der Waals surface area contributed by atoms with Gasteiger partial charge in [-0.1, -0.05) is 0 Å². The van der Waals surface area contributed by atoms with Crippen LogP contribution in [0.5, 0.6) is 0 Å². The molecule has 0 aromatic carbocycles. The van der Waals surface area contributed by atoms with Crippen molar-refractivity contribution in [1.29, 1.82) is 0 Å². The molecule has 4 bridgehead atoms. The maximum Gasteiger partial charge on any atom is 0.410 e. The lowest BCUT2D eigenvalue weighted by atomic mass is 10.0. The second kappa shape index (κ2) is 8.26. The summed E-state index contributed by atoms with van der Waals surface area (Å²) in [7, 11) is 0. The summed E-state index contributed by atoms with van der Waals surface area (Å²) in [5, 5.41) is 3.40. The molecule has 0 aliphatic carbocycles. The first-order valence-electron chi connectivity index (χ1n) is 9.52. The summed E-state index contributed by atoms with van der Waals surface area (Å²) < 4.78 is 5.37. The molecule has 4 saturated heterocycles. The summed E-state index contributed by atoms with van der Waals surface area (Å²) in [5.74, 6) is 0.744. The van der Waals surface area contributed by atoms with E-state index in [1.54, 1.807) is 4.90 Å². The highest BCUT2D eigenvalue weighted by molar-refractivity contribution is 5.85. The average molecular weight is 387 g/mol. The van der Waals surface area contributed by atoms with Gasteiger partial charge in [0.2, 0.25) is 0 Å². The number of nitrogens with zero attached hydrogens (tertiary/aromatic N) is 1. The van der Waals surface area contributed by atoms with Crippen molar-refractivity contribution in [2.24, 2.45) is 0 Å². The molecule has 0 aromatic heterocycles. The number of Topliss-reactive ketones (excluding diaryl/α,β-unsaturated/α-hetero) is 2. The molecule has 26 heavy (non-hydrogen) atoms. The highest BCUT2D eigenvalue weighted by Crippen LogP contribution is 2.35. The first-order valence-corrected chi connectivity index (χ1v) is 9.52. The van der Waals surface area contributed by atoms with Gasteiger partial charge in [0.15, 0.2) is 0 Å². The number of halogens is 1. The van der Waals surface area contributed by atoms with Gasteiger partial charge in [-0.05, 0) is 46.5 Å². The molecule has 1 amide bonds. The Balaban J connectivity index is 0.000000206. The summed E-state index contributed by atoms with van der Waals surface area (Å²) in [6.07, 6.45) is 6.66. The third-order valence-electron chi connectivity index (χ3n) is 5.43. The van der Waals surface area contributed by atoms with E-state index in [1.807, 2.05) is 20.8 Å². The fourth-order valence-electron chi connectivity index (χ4n) is 4.44. The van der Waals surface area contributed by atoms with Gasteiger partial charge in [-0.25, -0.2) is 4.79 Å². The van der Waals surface area contributed by atoms with Gasteiger partial charge < -0.3 is 15.0 Å². The van der Waals surface area contributed by atoms with Gasteiger partial charge in [-0.2, -0.15) is 0 Å². The van der Waals surface area contributed by atoms with E-state index in [4.69, 9.17) is 4.74 Å². The van der Waals surface area contributed by atoms with Crippen LogP contribution in [0.3, 0.4) is 0 Å². The SMILES string of the molecule is CC(C)(C)OC(=O)N1C2CCC1CC(=O)C2.Cl.O=C1CC2CCC(C1)N2. The molecule has 0 radical (unpaired) electrons. The van der Waals surface area contributed by atoms with E-state index in [-0.39, 0.29) is 36.4 Å². The number of carbonyl (C=O) groups excluding carboxylic acids is 3. The van der Waals surface area contributed by atoms with Crippen LogP contribution in [-0.4, -0.2) is 52.3 Å². The van der Waals surface area contributed by atoms with E-state index < -0.39 is 5.60 Å². The largest absolute Gasteiger partial charge is 0.444 e. The first-order chi connectivity index (χ1) is 11.7. The van der Waals surface area contributed by atoms with Crippen LogP contribution in [0.2, 0.25) is 0 Å². The molecule has 6 nitrogen and oxygen atoms in total. The van der Waals surface area contributed by atoms with Crippen molar-refractivity contribution >= 4 is 30.1 Å². The molecular weight excluding hydrogens is 356 g/mol. The molecule has 4 unspecified atom stereocenters. The second-order valence-corrected chi connectivity index (χ2v) is 8.80. The molecule has 4 aliphatic rings. The molecule has 1 N–H and O–H groups in total. The molecule has 148 valence electrons. The monoisotopic (exact) mass is 386 g/mol. The van der Waals surface area contributed by atoms with Crippen LogP contribution in [-0.2, 0) is 14.3 Å². The van der Waals surface area contributed by atoms with Gasteiger partial charge in [0.05, 0.1) is 0 Å². The minimum atomic E-state index is -0.460. The van der Waals surface area contributed by atoms with E-state index >= 15 is 0 Å². The number of ketones is 2. The summed E-state index contributed by atoms with van der Waals surface area (Å²) in [4.78, 5) is 36.0. The predicted molar refractivity (Wildman–Crippen MR) is 101 cm³/mol. The van der Waals surface area contributed by atoms with Gasteiger partial charge in [0.25, 0.3) is 0 Å². The average Bonchev–Trinajstić information content (AvgIpc) is 2.95. The lowest BCUT2D eigenvalue weighted by Gasteiger charge is -2.35. The van der Waals surface area contributed by atoms with Crippen molar-refractivity contribution in [3.05, 3.63) is 0 Å². The van der Waals surface area contributed by atoms with Crippen LogP contribution in [0.1, 0.15) is 72.1 Å². The van der Waals surface area contributed by atoms with Crippen LogP contribution in [0.15, 0.2) is 0 Å². The third-order valence-corrected chi connectivity index (χ3v) is 5.43. The van der Waals surface area contributed by atoms with E-state index in [0.717, 1.165) is 25.7 Å². The number of piperidine rings is 2. The van der Waals surface area contributed by atoms with Gasteiger partial charge in [0, 0.05) is 49.9 Å². The lowest BCUT2D eigenvalue weighted by molar-refractivity contribution is -0.123. The van der Waals surface area contributed by atoms with Gasteiger partial charge in [-0.3, -0.25) is 9.59 Å². The number of rotatable bonds is 0. The summed E-state index contributed by atoms with van der Waals surface area (Å²) in [6.45, 7) is 5.59. The number of hydrogen-bond acceptors (Lipinski definition) is 5. The molecule has 4 heterocycles. The topological polar surface area (TPSA) is 75.7 Å². The van der Waals surface area contributed by atoms with Crippen molar-refractivity contribution in [3.63, 3.8) is 0 Å². The number of hydrogen-bond donors (Lipinski definition) is 1. The summed E-state index contributed by atoms with van der Waals surface area (Å²) >= 11 is 0. The van der Waals surface area contributed by atoms with Crippen LogP contribution in [0.4, 0.5) is 4.79 Å². The Morgan fingerprint density at radius 2 is 1.38 bits per heavy atom. The van der Waals surface area contributed by atoms with Gasteiger partial charge in [0.1, 0.15) is 17.2 Å². The van der Waals surface area contributed by atoms with Crippen molar-refractivity contribution in [1.82, 2.24) is 10.2 Å². The Bertz CT molecular complexity index is 530. The Hall–Kier alpha value is -1.14. The fourth-order valence-corrected chi connectivity index (χ4v) is 4.44. The van der Waals surface area contributed by atoms with Crippen molar-refractivity contribution in [2.75, 3.05) is 0 Å². The molecule has 4 fully saturated rings. The van der Waals surface area contributed by atoms with E-state index in [0.29, 0.717) is 30.7 Å². The Morgan fingerprint density at radius 1 is 0.923 bits per heavy atom. The molecule has 0 aromatic rings. The zero-order chi connectivity index (χ0) is 18.2. The molecule has 4 atom stereocenters. The molecule has 4 aliphatic heterocycles. The third kappa shape index (κ3) is 5.19. The quantitative estimate of drug-likeness (QED) is 0.692. The molecule has 0 spiro atoms. The standard InChI is InChI=1S/C12H19NO3.C7H11NO.ClH/c1-12(2,3)16-11(15)13-8-4-5-9(13)7-10(14)6-8;9-7-3-5-1-2-6(4-7)8-5;/h8-9H,4-7H2,1-3H3;5-6,8H,1-4H2;1H. The van der Waals surface area contributed by atoms with Gasteiger partial charge in [-0.15, -0.1) is 12.4 Å². The smallest absolute Gasteiger partial charge is 0.410 e. The van der Waals surface area contributed by atoms with Crippen LogP contribution in [0.25, 0.3) is 0 Å². The number of ether oxygens (including phenoxy) is 1. The highest BCUT2D eigenvalue weighted by atomic mass is 35.5. The zero-order valence-electron chi connectivity index (χ0n) is 16.0. The first kappa shape index (κ1) is 21.2. The highest BCUT2D eigenvalue weighted by Gasteiger charge is 2.44. The van der Waals surface area contributed by atoms with E-state index in [1.165, 1.54) is 12.8 Å². The van der Waals surface area contributed by atoms with E-state index in [2.05, 4.69) is 5.32 Å². The van der Waals surface area contributed by atoms with Crippen LogP contribution in [0, 0.1) is 0 Å². The summed E-state index contributed by atoms with van der Waals surface area (Å²) in [5.41, 5.74) is -0.460. The number of fused-ring (bicyclic) bond motifs is 4. The maximum absolute atomic E-state index is 12.0. The molecule has 4 rings (SSSR count). The maximum atomic E-state index is 12.0. The molecule has 0 saturated carbocycles. The van der Waals surface area contributed by atoms with Crippen molar-refractivity contribution in [2.45, 2.75) is 102 Å². The fraction of sp³-hybridized carbons (Fsp3) is 0.842. The second-order valence-electron chi connectivity index (χ2n) is 8.80. The number of nitrogens with one attached hydrogen (secondary N) is 1. The normalized spacial score (nSPS) is 32.5. The van der Waals surface area contributed by atoms with Crippen LogP contribution >= 0.6 is 12.4 Å². The zero-order valence-corrected chi connectivity index (χ0v) is 16.8. The molecule has 7 heteroatoms.